The first-order valence-electron chi connectivity index (χ1n) is 5.27. The summed E-state index contributed by atoms with van der Waals surface area (Å²) in [6.07, 6.45) is 1.66. The van der Waals surface area contributed by atoms with Gasteiger partial charge in [-0.15, -0.1) is 0 Å². The number of rotatable bonds is 4. The first kappa shape index (κ1) is 11.7. The number of hydrogen-bond donors (Lipinski definition) is 0. The van der Waals surface area contributed by atoms with Gasteiger partial charge in [-0.3, -0.25) is 4.90 Å². The van der Waals surface area contributed by atoms with Gasteiger partial charge >= 0.3 is 0 Å². The lowest BCUT2D eigenvalue weighted by Crippen LogP contribution is -2.30. The zero-order chi connectivity index (χ0) is 11.3. The van der Waals surface area contributed by atoms with Crippen molar-refractivity contribution in [1.29, 1.82) is 5.26 Å². The lowest BCUT2D eigenvalue weighted by atomic mass is 10.1. The van der Waals surface area contributed by atoms with Crippen LogP contribution in [-0.2, 0) is 6.54 Å². The lowest BCUT2D eigenvalue weighted by Gasteiger charge is -2.24. The average Bonchev–Trinajstić information content (AvgIpc) is 2.25. The van der Waals surface area contributed by atoms with E-state index in [9.17, 15) is 0 Å². The van der Waals surface area contributed by atoms with Crippen LogP contribution in [0.1, 0.15) is 32.0 Å². The Balaban J connectivity index is 2.84. The normalized spacial score (nSPS) is 10.7. The van der Waals surface area contributed by atoms with Crippen LogP contribution in [-0.4, -0.2) is 22.5 Å². The van der Waals surface area contributed by atoms with Crippen molar-refractivity contribution in [1.82, 2.24) is 9.88 Å². The molecular formula is C12H17N3. The van der Waals surface area contributed by atoms with E-state index < -0.39 is 0 Å². The Kier molecular flexibility index (Phi) is 4.26. The van der Waals surface area contributed by atoms with E-state index in [0.717, 1.165) is 18.7 Å². The third kappa shape index (κ3) is 3.03. The molecule has 3 heteroatoms. The molecule has 0 aliphatic carbocycles. The molecule has 0 saturated carbocycles. The largest absolute Gasteiger partial charge is 0.297 e. The number of pyridine rings is 1. The van der Waals surface area contributed by atoms with Gasteiger partial charge in [-0.25, -0.2) is 4.98 Å². The van der Waals surface area contributed by atoms with E-state index in [1.807, 2.05) is 12.1 Å². The van der Waals surface area contributed by atoms with Gasteiger partial charge in [0.1, 0.15) is 11.8 Å². The maximum absolute atomic E-state index is 8.91. The number of hydrogen-bond acceptors (Lipinski definition) is 3. The molecule has 0 N–H and O–H groups in total. The predicted molar refractivity (Wildman–Crippen MR) is 60.2 cm³/mol. The van der Waals surface area contributed by atoms with Crippen LogP contribution in [0.15, 0.2) is 18.3 Å². The summed E-state index contributed by atoms with van der Waals surface area (Å²) < 4.78 is 0. The second-order valence-electron chi connectivity index (χ2n) is 3.78. The minimum absolute atomic E-state index is 0.488. The molecule has 1 aromatic heterocycles. The highest BCUT2D eigenvalue weighted by Gasteiger charge is 2.10. The van der Waals surface area contributed by atoms with E-state index in [2.05, 4.69) is 36.7 Å². The molecule has 80 valence electrons. The molecule has 0 aliphatic heterocycles. The Morgan fingerprint density at radius 1 is 1.53 bits per heavy atom. The molecule has 0 spiro atoms. The van der Waals surface area contributed by atoms with Gasteiger partial charge in [0.25, 0.3) is 0 Å². The fourth-order valence-corrected chi connectivity index (χ4v) is 1.55. The number of nitrogens with zero attached hydrogens (tertiary/aromatic N) is 3. The van der Waals surface area contributed by atoms with Crippen molar-refractivity contribution in [2.24, 2.45) is 0 Å². The monoisotopic (exact) mass is 203 g/mol. The summed E-state index contributed by atoms with van der Waals surface area (Å²) in [7, 11) is 0. The maximum Gasteiger partial charge on any atom is 0.144 e. The van der Waals surface area contributed by atoms with Crippen molar-refractivity contribution in [3.63, 3.8) is 0 Å². The molecular weight excluding hydrogens is 186 g/mol. The minimum atomic E-state index is 0.488. The van der Waals surface area contributed by atoms with Crippen LogP contribution in [0.25, 0.3) is 0 Å². The molecule has 0 amide bonds. The van der Waals surface area contributed by atoms with Gasteiger partial charge in [-0.1, -0.05) is 13.0 Å². The Hall–Kier alpha value is -1.40. The standard InChI is InChI=1S/C12H17N3/c1-4-15(10(2)3)9-11-6-5-7-14-12(11)8-13/h5-7,10H,4,9H2,1-3H3. The predicted octanol–water partition coefficient (Wildman–Crippen LogP) is 2.18. The van der Waals surface area contributed by atoms with Crippen LogP contribution in [0, 0.1) is 11.3 Å². The molecule has 0 radical (unpaired) electrons. The van der Waals surface area contributed by atoms with Crippen LogP contribution in [0.3, 0.4) is 0 Å². The zero-order valence-electron chi connectivity index (χ0n) is 9.57. The first-order valence-corrected chi connectivity index (χ1v) is 5.27. The third-order valence-electron chi connectivity index (χ3n) is 2.51. The number of aromatic nitrogens is 1. The second-order valence-corrected chi connectivity index (χ2v) is 3.78. The third-order valence-corrected chi connectivity index (χ3v) is 2.51. The van der Waals surface area contributed by atoms with Gasteiger partial charge < -0.3 is 0 Å². The maximum atomic E-state index is 8.91. The molecule has 0 unspecified atom stereocenters. The molecule has 3 nitrogen and oxygen atoms in total. The fourth-order valence-electron chi connectivity index (χ4n) is 1.55. The van der Waals surface area contributed by atoms with Crippen molar-refractivity contribution >= 4 is 0 Å². The molecule has 1 aromatic rings. The van der Waals surface area contributed by atoms with Crippen molar-refractivity contribution in [2.45, 2.75) is 33.4 Å². The van der Waals surface area contributed by atoms with E-state index in [1.165, 1.54) is 0 Å². The Morgan fingerprint density at radius 3 is 2.80 bits per heavy atom. The Bertz CT molecular complexity index is 352. The van der Waals surface area contributed by atoms with Crippen molar-refractivity contribution in [3.05, 3.63) is 29.6 Å². The van der Waals surface area contributed by atoms with Crippen molar-refractivity contribution < 1.29 is 0 Å². The van der Waals surface area contributed by atoms with Crippen LogP contribution < -0.4 is 0 Å². The summed E-state index contributed by atoms with van der Waals surface area (Å²) in [6, 6.07) is 6.46. The van der Waals surface area contributed by atoms with Crippen LogP contribution in [0.2, 0.25) is 0 Å². The molecule has 1 heterocycles. The van der Waals surface area contributed by atoms with Gasteiger partial charge in [0.15, 0.2) is 0 Å². The van der Waals surface area contributed by atoms with E-state index >= 15 is 0 Å². The van der Waals surface area contributed by atoms with Crippen LogP contribution in [0.5, 0.6) is 0 Å². The molecule has 0 saturated heterocycles. The highest BCUT2D eigenvalue weighted by atomic mass is 15.1. The molecule has 0 aliphatic rings. The van der Waals surface area contributed by atoms with Crippen LogP contribution in [0.4, 0.5) is 0 Å². The topological polar surface area (TPSA) is 39.9 Å². The quantitative estimate of drug-likeness (QED) is 0.753. The first-order chi connectivity index (χ1) is 7.19. The second kappa shape index (κ2) is 5.47. The smallest absolute Gasteiger partial charge is 0.144 e. The van der Waals surface area contributed by atoms with Gasteiger partial charge in [0, 0.05) is 24.3 Å². The molecule has 0 fully saturated rings. The van der Waals surface area contributed by atoms with Crippen molar-refractivity contribution in [3.8, 4) is 6.07 Å². The Morgan fingerprint density at radius 2 is 2.27 bits per heavy atom. The fraction of sp³-hybridized carbons (Fsp3) is 0.500. The summed E-state index contributed by atoms with van der Waals surface area (Å²) in [6.45, 7) is 8.22. The highest BCUT2D eigenvalue weighted by molar-refractivity contribution is 5.30. The lowest BCUT2D eigenvalue weighted by molar-refractivity contribution is 0.224. The van der Waals surface area contributed by atoms with Gasteiger partial charge in [0.05, 0.1) is 0 Å². The van der Waals surface area contributed by atoms with E-state index in [-0.39, 0.29) is 0 Å². The van der Waals surface area contributed by atoms with Gasteiger partial charge in [-0.2, -0.15) is 5.26 Å². The SMILES string of the molecule is CCN(Cc1cccnc1C#N)C(C)C. The van der Waals surface area contributed by atoms with Gasteiger partial charge in [0.2, 0.25) is 0 Å². The van der Waals surface area contributed by atoms with E-state index in [1.54, 1.807) is 6.20 Å². The number of nitriles is 1. The minimum Gasteiger partial charge on any atom is -0.297 e. The van der Waals surface area contributed by atoms with Gasteiger partial charge in [-0.05, 0) is 26.5 Å². The van der Waals surface area contributed by atoms with Crippen LogP contribution >= 0.6 is 0 Å². The summed E-state index contributed by atoms with van der Waals surface area (Å²) >= 11 is 0. The molecule has 1 rings (SSSR count). The average molecular weight is 203 g/mol. The Labute approximate surface area is 91.4 Å². The zero-order valence-corrected chi connectivity index (χ0v) is 9.57. The van der Waals surface area contributed by atoms with E-state index in [0.29, 0.717) is 11.7 Å². The molecule has 0 bridgehead atoms. The molecule has 15 heavy (non-hydrogen) atoms. The van der Waals surface area contributed by atoms with E-state index in [4.69, 9.17) is 5.26 Å². The van der Waals surface area contributed by atoms with Crippen molar-refractivity contribution in [2.75, 3.05) is 6.54 Å². The summed E-state index contributed by atoms with van der Waals surface area (Å²) in [5.41, 5.74) is 1.55. The highest BCUT2D eigenvalue weighted by Crippen LogP contribution is 2.10. The summed E-state index contributed by atoms with van der Waals surface area (Å²) in [5, 5.41) is 8.91. The summed E-state index contributed by atoms with van der Waals surface area (Å²) in [4.78, 5) is 6.36. The summed E-state index contributed by atoms with van der Waals surface area (Å²) in [5.74, 6) is 0. The molecule has 0 aromatic carbocycles. The molecule has 0 atom stereocenters.